The first kappa shape index (κ1) is 8.37. The van der Waals surface area contributed by atoms with Crippen LogP contribution in [0.4, 0.5) is 0 Å². The second-order valence-corrected chi connectivity index (χ2v) is 4.02. The van der Waals surface area contributed by atoms with Gasteiger partial charge in [0.05, 0.1) is 0 Å². The van der Waals surface area contributed by atoms with E-state index < -0.39 is 0 Å². The van der Waals surface area contributed by atoms with E-state index in [1.807, 2.05) is 11.8 Å². The largest absolute Gasteiger partial charge is 0.396 e. The average molecular weight is 161 g/mol. The Labute approximate surface area is 66.2 Å². The van der Waals surface area contributed by atoms with E-state index in [4.69, 9.17) is 10.8 Å². The third kappa shape index (κ3) is 2.15. The van der Waals surface area contributed by atoms with Crippen molar-refractivity contribution in [3.05, 3.63) is 0 Å². The highest BCUT2D eigenvalue weighted by Gasteiger charge is 2.18. The molecular formula is C7H15NOS. The molecule has 0 bridgehead atoms. The van der Waals surface area contributed by atoms with Crippen molar-refractivity contribution in [2.75, 3.05) is 18.1 Å². The summed E-state index contributed by atoms with van der Waals surface area (Å²) in [5, 5.41) is 8.90. The molecular weight excluding hydrogens is 146 g/mol. The molecule has 0 amide bonds. The topological polar surface area (TPSA) is 46.2 Å². The molecule has 0 aliphatic carbocycles. The van der Waals surface area contributed by atoms with Gasteiger partial charge in [-0.2, -0.15) is 11.8 Å². The maximum absolute atomic E-state index is 8.90. The van der Waals surface area contributed by atoms with Gasteiger partial charge in [0.15, 0.2) is 0 Å². The van der Waals surface area contributed by atoms with Gasteiger partial charge < -0.3 is 10.8 Å². The summed E-state index contributed by atoms with van der Waals surface area (Å²) in [6.45, 7) is 0.266. The molecule has 0 spiro atoms. The first-order valence-electron chi connectivity index (χ1n) is 3.78. The van der Waals surface area contributed by atoms with E-state index in [0.717, 1.165) is 18.6 Å². The quantitative estimate of drug-likeness (QED) is 0.587. The lowest BCUT2D eigenvalue weighted by molar-refractivity contribution is 0.201. The molecule has 60 valence electrons. The zero-order valence-electron chi connectivity index (χ0n) is 6.12. The van der Waals surface area contributed by atoms with Crippen LogP contribution in [0.1, 0.15) is 12.8 Å². The van der Waals surface area contributed by atoms with Gasteiger partial charge in [-0.15, -0.1) is 0 Å². The Morgan fingerprint density at radius 1 is 1.40 bits per heavy atom. The third-order valence-electron chi connectivity index (χ3n) is 2.07. The molecule has 0 aromatic carbocycles. The summed E-state index contributed by atoms with van der Waals surface area (Å²) in [5.41, 5.74) is 5.82. The standard InChI is InChI=1S/C7H15NOS/c8-7-2-4-10-3-1-6(7)5-9/h6-7,9H,1-5,8H2. The molecule has 3 heteroatoms. The minimum absolute atomic E-state index is 0.236. The van der Waals surface area contributed by atoms with Crippen LogP contribution in [-0.4, -0.2) is 29.3 Å². The Hall–Kier alpha value is 0.270. The lowest BCUT2D eigenvalue weighted by atomic mass is 9.97. The van der Waals surface area contributed by atoms with Crippen LogP contribution in [0.25, 0.3) is 0 Å². The fraction of sp³-hybridized carbons (Fsp3) is 1.00. The van der Waals surface area contributed by atoms with Crippen LogP contribution in [0, 0.1) is 5.92 Å². The van der Waals surface area contributed by atoms with Crippen LogP contribution < -0.4 is 5.73 Å². The van der Waals surface area contributed by atoms with Crippen LogP contribution in [0.15, 0.2) is 0 Å². The zero-order chi connectivity index (χ0) is 7.40. The first-order valence-corrected chi connectivity index (χ1v) is 4.94. The maximum Gasteiger partial charge on any atom is 0.0474 e. The Bertz CT molecular complexity index is 99.6. The maximum atomic E-state index is 8.90. The number of rotatable bonds is 1. The van der Waals surface area contributed by atoms with Crippen molar-refractivity contribution in [3.63, 3.8) is 0 Å². The lowest BCUT2D eigenvalue weighted by Crippen LogP contribution is -2.32. The van der Waals surface area contributed by atoms with Gasteiger partial charge in [0.1, 0.15) is 0 Å². The van der Waals surface area contributed by atoms with Crippen molar-refractivity contribution >= 4 is 11.8 Å². The summed E-state index contributed by atoms with van der Waals surface area (Å²) >= 11 is 1.95. The number of thioether (sulfide) groups is 1. The van der Waals surface area contributed by atoms with E-state index in [-0.39, 0.29) is 12.6 Å². The van der Waals surface area contributed by atoms with Crippen LogP contribution in [0.3, 0.4) is 0 Å². The predicted molar refractivity (Wildman–Crippen MR) is 45.1 cm³/mol. The van der Waals surface area contributed by atoms with E-state index in [1.165, 1.54) is 5.75 Å². The van der Waals surface area contributed by atoms with Gasteiger partial charge in [-0.05, 0) is 30.3 Å². The van der Waals surface area contributed by atoms with Gasteiger partial charge in [-0.1, -0.05) is 0 Å². The van der Waals surface area contributed by atoms with E-state index in [9.17, 15) is 0 Å². The molecule has 0 saturated carbocycles. The van der Waals surface area contributed by atoms with E-state index in [0.29, 0.717) is 5.92 Å². The highest BCUT2D eigenvalue weighted by molar-refractivity contribution is 7.99. The van der Waals surface area contributed by atoms with Gasteiger partial charge >= 0.3 is 0 Å². The fourth-order valence-electron chi connectivity index (χ4n) is 1.23. The Kier molecular flexibility index (Phi) is 3.52. The van der Waals surface area contributed by atoms with E-state index >= 15 is 0 Å². The zero-order valence-corrected chi connectivity index (χ0v) is 6.94. The van der Waals surface area contributed by atoms with Crippen molar-refractivity contribution in [1.29, 1.82) is 0 Å². The van der Waals surface area contributed by atoms with Crippen molar-refractivity contribution in [2.24, 2.45) is 11.7 Å². The van der Waals surface area contributed by atoms with Crippen LogP contribution >= 0.6 is 11.8 Å². The average Bonchev–Trinajstić information content (AvgIpc) is 2.13. The highest BCUT2D eigenvalue weighted by Crippen LogP contribution is 2.20. The monoisotopic (exact) mass is 161 g/mol. The van der Waals surface area contributed by atoms with E-state index in [1.54, 1.807) is 0 Å². The van der Waals surface area contributed by atoms with Gasteiger partial charge in [-0.3, -0.25) is 0 Å². The van der Waals surface area contributed by atoms with Gasteiger partial charge in [0, 0.05) is 12.6 Å². The minimum atomic E-state index is 0.236. The minimum Gasteiger partial charge on any atom is -0.396 e. The first-order chi connectivity index (χ1) is 4.84. The summed E-state index contributed by atoms with van der Waals surface area (Å²) < 4.78 is 0. The molecule has 1 aliphatic heterocycles. The Morgan fingerprint density at radius 2 is 2.10 bits per heavy atom. The molecule has 1 aliphatic rings. The molecule has 2 unspecified atom stereocenters. The predicted octanol–water partition coefficient (Wildman–Crippen LogP) is 0.449. The van der Waals surface area contributed by atoms with Gasteiger partial charge in [0.2, 0.25) is 0 Å². The van der Waals surface area contributed by atoms with Crippen molar-refractivity contribution in [2.45, 2.75) is 18.9 Å². The van der Waals surface area contributed by atoms with Crippen LogP contribution in [-0.2, 0) is 0 Å². The summed E-state index contributed by atoms with van der Waals surface area (Å²) in [4.78, 5) is 0. The molecule has 2 atom stereocenters. The molecule has 1 saturated heterocycles. The fourth-order valence-corrected chi connectivity index (χ4v) is 2.35. The SMILES string of the molecule is NC1CCSCCC1CO. The van der Waals surface area contributed by atoms with Gasteiger partial charge in [0.25, 0.3) is 0 Å². The van der Waals surface area contributed by atoms with E-state index in [2.05, 4.69) is 0 Å². The van der Waals surface area contributed by atoms with Crippen LogP contribution in [0.5, 0.6) is 0 Å². The molecule has 0 radical (unpaired) electrons. The number of nitrogens with two attached hydrogens (primary N) is 1. The second kappa shape index (κ2) is 4.21. The second-order valence-electron chi connectivity index (χ2n) is 2.80. The molecule has 1 fully saturated rings. The molecule has 2 nitrogen and oxygen atoms in total. The summed E-state index contributed by atoms with van der Waals surface area (Å²) in [6.07, 6.45) is 2.15. The molecule has 1 rings (SSSR count). The van der Waals surface area contributed by atoms with Gasteiger partial charge in [-0.25, -0.2) is 0 Å². The normalized spacial score (nSPS) is 35.4. The molecule has 3 N–H and O–H groups in total. The van der Waals surface area contributed by atoms with Crippen LogP contribution in [0.2, 0.25) is 0 Å². The number of hydrogen-bond acceptors (Lipinski definition) is 3. The number of hydrogen-bond donors (Lipinski definition) is 2. The van der Waals surface area contributed by atoms with Crippen molar-refractivity contribution in [3.8, 4) is 0 Å². The Morgan fingerprint density at radius 3 is 2.80 bits per heavy atom. The molecule has 1 heterocycles. The molecule has 0 aromatic heterocycles. The summed E-state index contributed by atoms with van der Waals surface area (Å²) in [6, 6.07) is 0.236. The highest BCUT2D eigenvalue weighted by atomic mass is 32.2. The third-order valence-corrected chi connectivity index (χ3v) is 3.12. The lowest BCUT2D eigenvalue weighted by Gasteiger charge is -2.17. The molecule has 10 heavy (non-hydrogen) atoms. The summed E-state index contributed by atoms with van der Waals surface area (Å²) in [7, 11) is 0. The smallest absolute Gasteiger partial charge is 0.0474 e. The molecule has 0 aromatic rings. The summed E-state index contributed by atoms with van der Waals surface area (Å²) in [5.74, 6) is 2.69. The van der Waals surface area contributed by atoms with Crippen molar-refractivity contribution in [1.82, 2.24) is 0 Å². The number of aliphatic hydroxyl groups is 1. The van der Waals surface area contributed by atoms with Crippen molar-refractivity contribution < 1.29 is 5.11 Å². The Balaban J connectivity index is 2.35. The number of aliphatic hydroxyl groups excluding tert-OH is 1.